The summed E-state index contributed by atoms with van der Waals surface area (Å²) < 4.78 is 59.2. The van der Waals surface area contributed by atoms with Gasteiger partial charge in [-0.3, -0.25) is 9.35 Å². The highest BCUT2D eigenvalue weighted by Crippen LogP contribution is 2.26. The molecule has 1 saturated heterocycles. The van der Waals surface area contributed by atoms with E-state index >= 15 is 0 Å². The summed E-state index contributed by atoms with van der Waals surface area (Å²) in [4.78, 5) is 12.9. The van der Waals surface area contributed by atoms with Crippen molar-refractivity contribution in [2.24, 2.45) is 0 Å². The summed E-state index contributed by atoms with van der Waals surface area (Å²) in [5.74, 6) is -0.417. The van der Waals surface area contributed by atoms with E-state index in [-0.39, 0.29) is 19.6 Å². The van der Waals surface area contributed by atoms with Gasteiger partial charge in [-0.15, -0.1) is 0 Å². The molecule has 0 aromatic carbocycles. The van der Waals surface area contributed by atoms with Crippen LogP contribution in [0.5, 0.6) is 0 Å². The lowest BCUT2D eigenvalue weighted by Crippen LogP contribution is -2.60. The summed E-state index contributed by atoms with van der Waals surface area (Å²) in [6, 6.07) is 0. The third kappa shape index (κ3) is 34.6. The van der Waals surface area contributed by atoms with Crippen molar-refractivity contribution < 1.29 is 56.2 Å². The van der Waals surface area contributed by atoms with E-state index < -0.39 is 59.8 Å². The van der Waals surface area contributed by atoms with Gasteiger partial charge in [0.05, 0.1) is 19.8 Å². The summed E-state index contributed by atoms with van der Waals surface area (Å²) in [7, 11) is -5.07. The van der Waals surface area contributed by atoms with Gasteiger partial charge in [0.1, 0.15) is 30.5 Å². The summed E-state index contributed by atoms with van der Waals surface area (Å²) in [5.41, 5.74) is 0. The molecule has 1 aliphatic heterocycles. The number of esters is 1. The van der Waals surface area contributed by atoms with Crippen molar-refractivity contribution in [3.63, 3.8) is 0 Å². The fraction of sp³-hybridized carbons (Fsp3) is 0.706. The highest BCUT2D eigenvalue weighted by molar-refractivity contribution is 7.80. The molecule has 0 radical (unpaired) electrons. The molecular weight excluding hydrogens is 837 g/mol. The molecule has 1 rings (SSSR count). The van der Waals surface area contributed by atoms with Crippen LogP contribution in [0.1, 0.15) is 168 Å². The van der Waals surface area contributed by atoms with E-state index in [0.29, 0.717) is 13.0 Å². The molecule has 64 heavy (non-hydrogen) atoms. The zero-order valence-electron chi connectivity index (χ0n) is 39.3. The molecule has 0 saturated carbocycles. The molecule has 0 spiro atoms. The molecule has 0 bridgehead atoms. The van der Waals surface area contributed by atoms with E-state index in [1.165, 1.54) is 32.1 Å². The SMILES string of the molecule is CC/C=C\C/C=C\C/C=C\C/C=C\CCCCCCCCCOCC(COC1OC(CO)C(O)C(OS(=O)(=O)O)C1O)OC(=O)CCCCCCCCC/C=C\C/C=C\C/C=C\CC. The van der Waals surface area contributed by atoms with E-state index in [2.05, 4.69) is 103 Å². The normalized spacial score (nSPS) is 20.5. The summed E-state index contributed by atoms with van der Waals surface area (Å²) in [6.45, 7) is 3.72. The lowest BCUT2D eigenvalue weighted by Gasteiger charge is -2.41. The van der Waals surface area contributed by atoms with Gasteiger partial charge in [-0.2, -0.15) is 8.42 Å². The summed E-state index contributed by atoms with van der Waals surface area (Å²) in [6.07, 6.45) is 46.1. The highest BCUT2D eigenvalue weighted by Gasteiger charge is 2.48. The van der Waals surface area contributed by atoms with Crippen molar-refractivity contribution in [3.05, 3.63) is 85.1 Å². The Kier molecular flexibility index (Phi) is 38.6. The number of hydrogen-bond donors (Lipinski definition) is 4. The van der Waals surface area contributed by atoms with Crippen LogP contribution in [0.3, 0.4) is 0 Å². The van der Waals surface area contributed by atoms with Gasteiger partial charge in [-0.1, -0.05) is 163 Å². The van der Waals surface area contributed by atoms with Crippen molar-refractivity contribution in [2.45, 2.75) is 205 Å². The number of carbonyl (C=O) groups excluding carboxylic acids is 1. The minimum Gasteiger partial charge on any atom is -0.457 e. The Morgan fingerprint density at radius 2 is 1.03 bits per heavy atom. The molecule has 13 heteroatoms. The molecule has 4 N–H and O–H groups in total. The zero-order chi connectivity index (χ0) is 46.8. The number of unbranched alkanes of at least 4 members (excludes halogenated alkanes) is 14. The third-order valence-electron chi connectivity index (χ3n) is 10.5. The van der Waals surface area contributed by atoms with Gasteiger partial charge in [0.2, 0.25) is 0 Å². The number of hydrogen-bond acceptors (Lipinski definition) is 11. The minimum atomic E-state index is -5.07. The maximum atomic E-state index is 12.9. The van der Waals surface area contributed by atoms with Crippen LogP contribution < -0.4 is 0 Å². The molecule has 368 valence electrons. The Bertz CT molecular complexity index is 1440. The van der Waals surface area contributed by atoms with Gasteiger partial charge >= 0.3 is 16.4 Å². The van der Waals surface area contributed by atoms with Crippen LogP contribution in [0.2, 0.25) is 0 Å². The predicted octanol–water partition coefficient (Wildman–Crippen LogP) is 10.9. The van der Waals surface area contributed by atoms with E-state index in [0.717, 1.165) is 109 Å². The lowest BCUT2D eigenvalue weighted by atomic mass is 9.99. The zero-order valence-corrected chi connectivity index (χ0v) is 40.1. The number of aliphatic hydroxyl groups is 3. The van der Waals surface area contributed by atoms with Crippen molar-refractivity contribution >= 4 is 16.4 Å². The standard InChI is InChI=1S/C51H86O12S/c1-3-5-7-9-11-13-15-17-19-21-22-23-25-27-29-31-33-35-37-39-41-59-43-45(44-60-51-49(55)50(63-64(56,57)58)48(54)46(42-52)62-51)61-47(53)40-38-36-34-32-30-28-26-24-20-18-16-14-12-10-8-6-4-2/h5-8,11-14,17-20,22-23,45-46,48-52,54-55H,3-4,9-10,15-16,21,24-44H2,1-2H3,(H,56,57,58)/b7-5-,8-6-,13-11-,14-12-,19-17-,20-18-,23-22-. The molecule has 0 amide bonds. The number of allylic oxidation sites excluding steroid dienone is 14. The Morgan fingerprint density at radius 1 is 0.594 bits per heavy atom. The highest BCUT2D eigenvalue weighted by atomic mass is 32.3. The molecule has 12 nitrogen and oxygen atoms in total. The summed E-state index contributed by atoms with van der Waals surface area (Å²) in [5, 5.41) is 30.7. The Hall–Kier alpha value is -2.72. The molecule has 0 aromatic heterocycles. The molecule has 1 fully saturated rings. The molecule has 0 aromatic rings. The van der Waals surface area contributed by atoms with E-state index in [9.17, 15) is 33.1 Å². The largest absolute Gasteiger partial charge is 0.457 e. The molecule has 1 heterocycles. The second-order valence-electron chi connectivity index (χ2n) is 16.3. The van der Waals surface area contributed by atoms with E-state index in [1.807, 2.05) is 0 Å². The fourth-order valence-electron chi connectivity index (χ4n) is 6.91. The number of ether oxygens (including phenoxy) is 4. The van der Waals surface area contributed by atoms with Crippen LogP contribution in [0, 0.1) is 0 Å². The summed E-state index contributed by atoms with van der Waals surface area (Å²) >= 11 is 0. The maximum absolute atomic E-state index is 12.9. The average Bonchev–Trinajstić information content (AvgIpc) is 3.27. The average molecular weight is 923 g/mol. The van der Waals surface area contributed by atoms with Crippen molar-refractivity contribution in [1.82, 2.24) is 0 Å². The first-order chi connectivity index (χ1) is 31.1. The van der Waals surface area contributed by atoms with Crippen LogP contribution >= 0.6 is 0 Å². The maximum Gasteiger partial charge on any atom is 0.397 e. The van der Waals surface area contributed by atoms with Crippen molar-refractivity contribution in [3.8, 4) is 0 Å². The van der Waals surface area contributed by atoms with Crippen LogP contribution in [0.25, 0.3) is 0 Å². The van der Waals surface area contributed by atoms with E-state index in [4.69, 9.17) is 18.9 Å². The Labute approximate surface area is 387 Å². The second kappa shape index (κ2) is 41.7. The monoisotopic (exact) mass is 923 g/mol. The van der Waals surface area contributed by atoms with Crippen LogP contribution in [0.15, 0.2) is 85.1 Å². The van der Waals surface area contributed by atoms with Crippen LogP contribution in [0.4, 0.5) is 0 Å². The topological polar surface area (TPSA) is 178 Å². The predicted molar refractivity (Wildman–Crippen MR) is 257 cm³/mol. The van der Waals surface area contributed by atoms with Crippen LogP contribution in [-0.2, 0) is 38.3 Å². The molecule has 6 atom stereocenters. The first-order valence-electron chi connectivity index (χ1n) is 24.3. The second-order valence-corrected chi connectivity index (χ2v) is 17.3. The number of carbonyl (C=O) groups is 1. The van der Waals surface area contributed by atoms with Crippen molar-refractivity contribution in [2.75, 3.05) is 26.4 Å². The minimum absolute atomic E-state index is 0.0192. The van der Waals surface area contributed by atoms with Gasteiger partial charge in [0, 0.05) is 13.0 Å². The van der Waals surface area contributed by atoms with E-state index in [1.54, 1.807) is 0 Å². The van der Waals surface area contributed by atoms with Gasteiger partial charge < -0.3 is 34.3 Å². The van der Waals surface area contributed by atoms with Gasteiger partial charge in [0.25, 0.3) is 0 Å². The van der Waals surface area contributed by atoms with Crippen LogP contribution in [-0.4, -0.2) is 97.5 Å². The Balaban J connectivity index is 2.41. The fourth-order valence-corrected chi connectivity index (χ4v) is 7.42. The van der Waals surface area contributed by atoms with Gasteiger partial charge in [-0.25, -0.2) is 4.18 Å². The Morgan fingerprint density at radius 3 is 1.50 bits per heavy atom. The molecule has 0 aliphatic carbocycles. The smallest absolute Gasteiger partial charge is 0.397 e. The lowest BCUT2D eigenvalue weighted by molar-refractivity contribution is -0.301. The van der Waals surface area contributed by atoms with Crippen molar-refractivity contribution in [1.29, 1.82) is 0 Å². The quantitative estimate of drug-likeness (QED) is 0.0198. The number of rotatable bonds is 41. The van der Waals surface area contributed by atoms with Gasteiger partial charge in [0.15, 0.2) is 6.29 Å². The molecular formula is C51H86O12S. The molecule has 6 unspecified atom stereocenters. The first-order valence-corrected chi connectivity index (χ1v) is 25.7. The first kappa shape index (κ1) is 59.3. The number of aliphatic hydroxyl groups excluding tert-OH is 3. The molecule has 1 aliphatic rings. The van der Waals surface area contributed by atoms with Gasteiger partial charge in [-0.05, 0) is 83.5 Å². The third-order valence-corrected chi connectivity index (χ3v) is 11.0.